The van der Waals surface area contributed by atoms with Gasteiger partial charge < -0.3 is 15.0 Å². The number of rotatable bonds is 1. The molecule has 1 N–H and O–H groups in total. The van der Waals surface area contributed by atoms with Crippen molar-refractivity contribution >= 4 is 5.91 Å². The van der Waals surface area contributed by atoms with Crippen molar-refractivity contribution in [3.63, 3.8) is 0 Å². The largest absolute Gasteiger partial charge is 0.381 e. The monoisotopic (exact) mass is 224 g/mol. The summed E-state index contributed by atoms with van der Waals surface area (Å²) < 4.78 is 5.43. The van der Waals surface area contributed by atoms with Crippen LogP contribution in [0.1, 0.15) is 19.3 Å². The minimum absolute atomic E-state index is 0.0912. The number of nitrogens with one attached hydrogen (secondary N) is 1. The summed E-state index contributed by atoms with van der Waals surface area (Å²) in [5, 5.41) is 3.34. The molecule has 3 fully saturated rings. The number of hydrogen-bond donors (Lipinski definition) is 1. The predicted octanol–water partition coefficient (Wildman–Crippen LogP) is 0.233. The van der Waals surface area contributed by atoms with Crippen LogP contribution >= 0.6 is 0 Å². The Labute approximate surface area is 96.3 Å². The Morgan fingerprint density at radius 3 is 2.56 bits per heavy atom. The summed E-state index contributed by atoms with van der Waals surface area (Å²) in [6.07, 6.45) is 3.41. The minimum atomic E-state index is 0.0912. The fraction of sp³-hybridized carbons (Fsp3) is 0.917. The highest BCUT2D eigenvalue weighted by molar-refractivity contribution is 5.82. The summed E-state index contributed by atoms with van der Waals surface area (Å²) >= 11 is 0. The molecule has 3 heterocycles. The molecule has 90 valence electrons. The van der Waals surface area contributed by atoms with Crippen LogP contribution in [0.4, 0.5) is 0 Å². The second-order valence-corrected chi connectivity index (χ2v) is 5.30. The molecule has 3 unspecified atom stereocenters. The third-order valence-electron chi connectivity index (χ3n) is 4.16. The predicted molar refractivity (Wildman–Crippen MR) is 60.0 cm³/mol. The zero-order valence-corrected chi connectivity index (χ0v) is 9.65. The molecule has 4 nitrogen and oxygen atoms in total. The summed E-state index contributed by atoms with van der Waals surface area (Å²) in [7, 11) is 0. The van der Waals surface area contributed by atoms with Gasteiger partial charge in [0.05, 0.1) is 19.3 Å². The number of fused-ring (bicyclic) bond motifs is 1. The number of nitrogens with zero attached hydrogens (tertiary/aromatic N) is 1. The summed E-state index contributed by atoms with van der Waals surface area (Å²) in [4.78, 5) is 14.3. The van der Waals surface area contributed by atoms with Crippen molar-refractivity contribution in [2.75, 3.05) is 32.8 Å². The van der Waals surface area contributed by atoms with Crippen LogP contribution in [-0.4, -0.2) is 49.7 Å². The summed E-state index contributed by atoms with van der Waals surface area (Å²) in [6.45, 7) is 4.54. The fourth-order valence-corrected chi connectivity index (χ4v) is 3.15. The van der Waals surface area contributed by atoms with Crippen molar-refractivity contribution in [2.45, 2.75) is 25.3 Å². The third-order valence-corrected chi connectivity index (χ3v) is 4.16. The van der Waals surface area contributed by atoms with Gasteiger partial charge in [-0.25, -0.2) is 0 Å². The number of likely N-dealkylation sites (tertiary alicyclic amines) is 1. The maximum atomic E-state index is 12.3. The van der Waals surface area contributed by atoms with Gasteiger partial charge in [0, 0.05) is 24.9 Å². The van der Waals surface area contributed by atoms with Gasteiger partial charge in [-0.15, -0.1) is 0 Å². The molecule has 0 spiro atoms. The topological polar surface area (TPSA) is 41.6 Å². The maximum Gasteiger partial charge on any atom is 0.239 e. The molecule has 0 aromatic rings. The first kappa shape index (κ1) is 10.5. The van der Waals surface area contributed by atoms with Gasteiger partial charge in [-0.2, -0.15) is 0 Å². The highest BCUT2D eigenvalue weighted by atomic mass is 16.5. The van der Waals surface area contributed by atoms with Gasteiger partial charge in [-0.1, -0.05) is 6.42 Å². The van der Waals surface area contributed by atoms with Crippen molar-refractivity contribution in [3.8, 4) is 0 Å². The average Bonchev–Trinajstić information content (AvgIpc) is 2.89. The Morgan fingerprint density at radius 1 is 1.19 bits per heavy atom. The third kappa shape index (κ3) is 1.84. The highest BCUT2D eigenvalue weighted by Crippen LogP contribution is 2.29. The van der Waals surface area contributed by atoms with Crippen LogP contribution in [0.25, 0.3) is 0 Å². The van der Waals surface area contributed by atoms with E-state index in [1.165, 1.54) is 12.8 Å². The van der Waals surface area contributed by atoms with E-state index >= 15 is 0 Å². The van der Waals surface area contributed by atoms with Crippen LogP contribution in [0.15, 0.2) is 0 Å². The SMILES string of the molecule is O=C(C1CCCCN1)N1CC2COCC2C1. The first-order valence-corrected chi connectivity index (χ1v) is 6.44. The van der Waals surface area contributed by atoms with E-state index in [0.717, 1.165) is 39.3 Å². The van der Waals surface area contributed by atoms with E-state index in [1.54, 1.807) is 0 Å². The second kappa shape index (κ2) is 4.34. The van der Waals surface area contributed by atoms with Gasteiger partial charge in [0.15, 0.2) is 0 Å². The van der Waals surface area contributed by atoms with E-state index < -0.39 is 0 Å². The van der Waals surface area contributed by atoms with E-state index in [4.69, 9.17) is 4.74 Å². The van der Waals surface area contributed by atoms with Gasteiger partial charge in [0.2, 0.25) is 5.91 Å². The molecule has 3 aliphatic heterocycles. The van der Waals surface area contributed by atoms with Gasteiger partial charge in [0.25, 0.3) is 0 Å². The number of carbonyl (C=O) groups excluding carboxylic acids is 1. The Morgan fingerprint density at radius 2 is 1.94 bits per heavy atom. The summed E-state index contributed by atoms with van der Waals surface area (Å²) in [5.41, 5.74) is 0. The molecule has 0 aromatic heterocycles. The van der Waals surface area contributed by atoms with E-state index in [2.05, 4.69) is 10.2 Å². The molecule has 3 atom stereocenters. The number of ether oxygens (including phenoxy) is 1. The minimum Gasteiger partial charge on any atom is -0.381 e. The molecule has 3 rings (SSSR count). The lowest BCUT2D eigenvalue weighted by Crippen LogP contribution is -2.48. The fourth-order valence-electron chi connectivity index (χ4n) is 3.15. The van der Waals surface area contributed by atoms with Crippen LogP contribution in [0.2, 0.25) is 0 Å². The molecule has 0 saturated carbocycles. The highest BCUT2D eigenvalue weighted by Gasteiger charge is 2.40. The molecule has 0 radical (unpaired) electrons. The Hall–Kier alpha value is -0.610. The van der Waals surface area contributed by atoms with Crippen LogP contribution in [0, 0.1) is 11.8 Å². The first-order valence-electron chi connectivity index (χ1n) is 6.44. The lowest BCUT2D eigenvalue weighted by Gasteiger charge is -2.27. The molecule has 0 bridgehead atoms. The normalized spacial score (nSPS) is 38.8. The zero-order chi connectivity index (χ0) is 11.0. The lowest BCUT2D eigenvalue weighted by atomic mass is 10.0. The molecule has 0 aliphatic carbocycles. The maximum absolute atomic E-state index is 12.3. The molecule has 0 aromatic carbocycles. The smallest absolute Gasteiger partial charge is 0.239 e. The van der Waals surface area contributed by atoms with E-state index in [1.807, 2.05) is 0 Å². The molecular weight excluding hydrogens is 204 g/mol. The van der Waals surface area contributed by atoms with Gasteiger partial charge >= 0.3 is 0 Å². The number of carbonyl (C=O) groups is 1. The average molecular weight is 224 g/mol. The molecule has 3 saturated heterocycles. The summed E-state index contributed by atoms with van der Waals surface area (Å²) in [6, 6.07) is 0.0912. The Kier molecular flexibility index (Phi) is 2.86. The van der Waals surface area contributed by atoms with Crippen LogP contribution in [0.5, 0.6) is 0 Å². The summed E-state index contributed by atoms with van der Waals surface area (Å²) in [5.74, 6) is 1.54. The van der Waals surface area contributed by atoms with Crippen molar-refractivity contribution < 1.29 is 9.53 Å². The van der Waals surface area contributed by atoms with E-state index in [0.29, 0.717) is 17.7 Å². The Bertz CT molecular complexity index is 264. The van der Waals surface area contributed by atoms with Crippen molar-refractivity contribution in [3.05, 3.63) is 0 Å². The Balaban J connectivity index is 1.59. The number of amides is 1. The molecule has 4 heteroatoms. The van der Waals surface area contributed by atoms with E-state index in [9.17, 15) is 4.79 Å². The van der Waals surface area contributed by atoms with Crippen molar-refractivity contribution in [1.82, 2.24) is 10.2 Å². The number of hydrogen-bond acceptors (Lipinski definition) is 3. The first-order chi connectivity index (χ1) is 7.84. The van der Waals surface area contributed by atoms with Crippen molar-refractivity contribution in [2.24, 2.45) is 11.8 Å². The van der Waals surface area contributed by atoms with Gasteiger partial charge in [0.1, 0.15) is 0 Å². The van der Waals surface area contributed by atoms with Gasteiger partial charge in [-0.3, -0.25) is 4.79 Å². The standard InChI is InChI=1S/C12H20N2O2/c15-12(11-3-1-2-4-13-11)14-5-9-7-16-8-10(9)6-14/h9-11,13H,1-8H2. The van der Waals surface area contributed by atoms with Crippen LogP contribution in [-0.2, 0) is 9.53 Å². The van der Waals surface area contributed by atoms with Crippen LogP contribution in [0.3, 0.4) is 0 Å². The quantitative estimate of drug-likeness (QED) is 0.693. The molecule has 16 heavy (non-hydrogen) atoms. The van der Waals surface area contributed by atoms with E-state index in [-0.39, 0.29) is 6.04 Å². The van der Waals surface area contributed by atoms with Gasteiger partial charge in [-0.05, 0) is 19.4 Å². The molecule has 1 amide bonds. The molecule has 3 aliphatic rings. The molecular formula is C12H20N2O2. The van der Waals surface area contributed by atoms with Crippen LogP contribution < -0.4 is 5.32 Å². The van der Waals surface area contributed by atoms with Crippen molar-refractivity contribution in [1.29, 1.82) is 0 Å². The second-order valence-electron chi connectivity index (χ2n) is 5.30. The number of piperidine rings is 1. The lowest BCUT2D eigenvalue weighted by molar-refractivity contribution is -0.133. The zero-order valence-electron chi connectivity index (χ0n) is 9.65.